The Balaban J connectivity index is 4.00. The molecule has 15 heavy (non-hydrogen) atoms. The molecule has 0 bridgehead atoms. The van der Waals surface area contributed by atoms with E-state index in [1.165, 1.54) is 0 Å². The molecule has 0 aromatic carbocycles. The van der Waals surface area contributed by atoms with E-state index in [1.807, 2.05) is 13.8 Å². The Morgan fingerprint density at radius 2 is 2.00 bits per heavy atom. The summed E-state index contributed by atoms with van der Waals surface area (Å²) < 4.78 is 4.91. The third kappa shape index (κ3) is 7.78. The fourth-order valence-corrected chi connectivity index (χ4v) is 1.33. The number of carbonyl (C=O) groups excluding carboxylic acids is 2. The van der Waals surface area contributed by atoms with Crippen LogP contribution in [-0.2, 0) is 9.53 Å². The smallest absolute Gasteiger partial charge is 0.404 e. The molecule has 0 rings (SSSR count). The van der Waals surface area contributed by atoms with Crippen LogP contribution in [0.3, 0.4) is 0 Å². The lowest BCUT2D eigenvalue weighted by Crippen LogP contribution is -2.26. The summed E-state index contributed by atoms with van der Waals surface area (Å²) in [5.74, 6) is 0.343. The minimum absolute atomic E-state index is 0.0585. The number of primary amides is 1. The zero-order chi connectivity index (χ0) is 11.8. The van der Waals surface area contributed by atoms with Crippen LogP contribution in [0.25, 0.3) is 0 Å². The molecule has 0 aliphatic carbocycles. The molecule has 0 saturated carbocycles. The molecule has 0 fully saturated rings. The van der Waals surface area contributed by atoms with Crippen LogP contribution in [0.2, 0.25) is 0 Å². The first-order valence-corrected chi connectivity index (χ1v) is 5.12. The number of ether oxygens (including phenoxy) is 1. The van der Waals surface area contributed by atoms with Crippen LogP contribution < -0.4 is 11.1 Å². The number of rotatable bonds is 6. The molecule has 5 nitrogen and oxygen atoms in total. The summed E-state index contributed by atoms with van der Waals surface area (Å²) >= 11 is 0. The molecule has 5 heteroatoms. The van der Waals surface area contributed by atoms with Crippen molar-refractivity contribution in [2.45, 2.75) is 39.2 Å². The first kappa shape index (κ1) is 13.7. The fraction of sp³-hybridized carbons (Fsp3) is 0.800. The van der Waals surface area contributed by atoms with E-state index in [9.17, 15) is 9.59 Å². The lowest BCUT2D eigenvalue weighted by molar-refractivity contribution is -0.121. The molecule has 88 valence electrons. The SMILES string of the molecule is CNC(=O)CCC(CC(C)C)OC(N)=O. The van der Waals surface area contributed by atoms with Gasteiger partial charge in [-0.1, -0.05) is 13.8 Å². The Morgan fingerprint density at radius 1 is 1.40 bits per heavy atom. The van der Waals surface area contributed by atoms with Gasteiger partial charge in [-0.05, 0) is 18.8 Å². The van der Waals surface area contributed by atoms with E-state index in [0.717, 1.165) is 6.42 Å². The van der Waals surface area contributed by atoms with Gasteiger partial charge < -0.3 is 15.8 Å². The molecule has 1 unspecified atom stereocenters. The first-order chi connectivity index (χ1) is 6.95. The predicted octanol–water partition coefficient (Wildman–Crippen LogP) is 1.02. The highest BCUT2D eigenvalue weighted by Gasteiger charge is 2.15. The standard InChI is InChI=1S/C10H20N2O3/c1-7(2)6-8(15-10(11)14)4-5-9(13)12-3/h7-8H,4-6H2,1-3H3,(H2,11,14)(H,12,13). The molecule has 1 atom stereocenters. The van der Waals surface area contributed by atoms with Gasteiger partial charge in [-0.3, -0.25) is 4.79 Å². The van der Waals surface area contributed by atoms with Gasteiger partial charge in [0.15, 0.2) is 0 Å². The minimum Gasteiger partial charge on any atom is -0.446 e. The third-order valence-corrected chi connectivity index (χ3v) is 1.99. The summed E-state index contributed by atoms with van der Waals surface area (Å²) in [5, 5.41) is 2.52. The zero-order valence-corrected chi connectivity index (χ0v) is 9.58. The minimum atomic E-state index is -0.780. The van der Waals surface area contributed by atoms with Crippen molar-refractivity contribution in [3.8, 4) is 0 Å². The summed E-state index contributed by atoms with van der Waals surface area (Å²) in [6, 6.07) is 0. The molecule has 0 aliphatic heterocycles. The average Bonchev–Trinajstić information content (AvgIpc) is 2.11. The van der Waals surface area contributed by atoms with Gasteiger partial charge in [0.1, 0.15) is 6.10 Å². The topological polar surface area (TPSA) is 81.4 Å². The molecule has 0 aliphatic rings. The second-order valence-corrected chi connectivity index (χ2v) is 3.90. The zero-order valence-electron chi connectivity index (χ0n) is 9.58. The van der Waals surface area contributed by atoms with E-state index in [2.05, 4.69) is 5.32 Å². The van der Waals surface area contributed by atoms with Gasteiger partial charge in [0.2, 0.25) is 5.91 Å². The number of hydrogen-bond acceptors (Lipinski definition) is 3. The maximum atomic E-state index is 11.0. The number of nitrogens with one attached hydrogen (secondary N) is 1. The van der Waals surface area contributed by atoms with Gasteiger partial charge in [0.05, 0.1) is 0 Å². The number of carbonyl (C=O) groups is 2. The Hall–Kier alpha value is -1.26. The van der Waals surface area contributed by atoms with Gasteiger partial charge in [-0.2, -0.15) is 0 Å². The highest BCUT2D eigenvalue weighted by atomic mass is 16.6. The Kier molecular flexibility index (Phi) is 6.49. The second-order valence-electron chi connectivity index (χ2n) is 3.90. The molecule has 0 aromatic rings. The first-order valence-electron chi connectivity index (χ1n) is 5.12. The van der Waals surface area contributed by atoms with Crippen molar-refractivity contribution in [2.75, 3.05) is 7.05 Å². The van der Waals surface area contributed by atoms with Gasteiger partial charge in [-0.15, -0.1) is 0 Å². The van der Waals surface area contributed by atoms with Crippen LogP contribution >= 0.6 is 0 Å². The van der Waals surface area contributed by atoms with E-state index >= 15 is 0 Å². The molecule has 2 amide bonds. The summed E-state index contributed by atoms with van der Waals surface area (Å²) in [6.45, 7) is 4.05. The molecular weight excluding hydrogens is 196 g/mol. The Bertz CT molecular complexity index is 217. The van der Waals surface area contributed by atoms with Gasteiger partial charge >= 0.3 is 6.09 Å². The van der Waals surface area contributed by atoms with Crippen molar-refractivity contribution in [2.24, 2.45) is 11.7 Å². The Labute approximate surface area is 90.4 Å². The van der Waals surface area contributed by atoms with Crippen LogP contribution in [0, 0.1) is 5.92 Å². The average molecular weight is 216 g/mol. The van der Waals surface area contributed by atoms with E-state index in [4.69, 9.17) is 10.5 Å². The van der Waals surface area contributed by atoms with Crippen LogP contribution in [0.5, 0.6) is 0 Å². The van der Waals surface area contributed by atoms with Crippen molar-refractivity contribution in [3.05, 3.63) is 0 Å². The normalized spacial score (nSPS) is 12.3. The van der Waals surface area contributed by atoms with Crippen molar-refractivity contribution < 1.29 is 14.3 Å². The maximum Gasteiger partial charge on any atom is 0.404 e. The molecule has 3 N–H and O–H groups in total. The third-order valence-electron chi connectivity index (χ3n) is 1.99. The van der Waals surface area contributed by atoms with Gasteiger partial charge in [0.25, 0.3) is 0 Å². The summed E-state index contributed by atoms with van der Waals surface area (Å²) in [6.07, 6.45) is 0.541. The highest BCUT2D eigenvalue weighted by molar-refractivity contribution is 5.75. The van der Waals surface area contributed by atoms with Gasteiger partial charge in [0, 0.05) is 13.5 Å². The van der Waals surface area contributed by atoms with Crippen molar-refractivity contribution in [3.63, 3.8) is 0 Å². The molecule has 0 saturated heterocycles. The maximum absolute atomic E-state index is 11.0. The largest absolute Gasteiger partial charge is 0.446 e. The number of hydrogen-bond donors (Lipinski definition) is 2. The van der Waals surface area contributed by atoms with Crippen LogP contribution in [0.15, 0.2) is 0 Å². The quantitative estimate of drug-likeness (QED) is 0.695. The summed E-state index contributed by atoms with van der Waals surface area (Å²) in [4.78, 5) is 21.6. The monoisotopic (exact) mass is 216 g/mol. The lowest BCUT2D eigenvalue weighted by atomic mass is 10.0. The second kappa shape index (κ2) is 7.09. The number of amides is 2. The molecular formula is C10H20N2O3. The van der Waals surface area contributed by atoms with Crippen LogP contribution in [-0.4, -0.2) is 25.2 Å². The van der Waals surface area contributed by atoms with Crippen molar-refractivity contribution >= 4 is 12.0 Å². The van der Waals surface area contributed by atoms with Crippen molar-refractivity contribution in [1.82, 2.24) is 5.32 Å². The van der Waals surface area contributed by atoms with E-state index in [1.54, 1.807) is 7.05 Å². The van der Waals surface area contributed by atoms with E-state index < -0.39 is 6.09 Å². The van der Waals surface area contributed by atoms with Gasteiger partial charge in [-0.25, -0.2) is 4.79 Å². The van der Waals surface area contributed by atoms with Crippen LogP contribution in [0.1, 0.15) is 33.1 Å². The fourth-order valence-electron chi connectivity index (χ4n) is 1.33. The Morgan fingerprint density at radius 3 is 2.40 bits per heavy atom. The predicted molar refractivity (Wildman–Crippen MR) is 57.2 cm³/mol. The van der Waals surface area contributed by atoms with Crippen molar-refractivity contribution in [1.29, 1.82) is 0 Å². The molecule has 0 heterocycles. The lowest BCUT2D eigenvalue weighted by Gasteiger charge is -2.17. The van der Waals surface area contributed by atoms with E-state index in [0.29, 0.717) is 18.8 Å². The summed E-state index contributed by atoms with van der Waals surface area (Å²) in [5.41, 5.74) is 4.95. The van der Waals surface area contributed by atoms with E-state index in [-0.39, 0.29) is 12.0 Å². The molecule has 0 aromatic heterocycles. The molecule has 0 spiro atoms. The summed E-state index contributed by atoms with van der Waals surface area (Å²) in [7, 11) is 1.58. The number of nitrogens with two attached hydrogens (primary N) is 1. The highest BCUT2D eigenvalue weighted by Crippen LogP contribution is 2.13. The van der Waals surface area contributed by atoms with Crippen LogP contribution in [0.4, 0.5) is 4.79 Å². The molecule has 0 radical (unpaired) electrons.